The van der Waals surface area contributed by atoms with Crippen LogP contribution < -0.4 is 5.32 Å². The van der Waals surface area contributed by atoms with Crippen molar-refractivity contribution in [1.29, 1.82) is 0 Å². The van der Waals surface area contributed by atoms with E-state index in [0.29, 0.717) is 11.3 Å². The Kier molecular flexibility index (Phi) is 6.20. The predicted molar refractivity (Wildman–Crippen MR) is 99.6 cm³/mol. The topological polar surface area (TPSA) is 57.2 Å². The minimum atomic E-state index is 0.0510. The summed E-state index contributed by atoms with van der Waals surface area (Å²) in [6.45, 7) is 4.96. The van der Waals surface area contributed by atoms with Gasteiger partial charge in [-0.05, 0) is 31.1 Å². The van der Waals surface area contributed by atoms with E-state index in [0.717, 1.165) is 45.2 Å². The Hall–Kier alpha value is -1.30. The molecule has 0 aromatic heterocycles. The quantitative estimate of drug-likeness (QED) is 0.619. The number of likely N-dealkylation sites (N-methyl/N-ethyl adjacent to an activating group) is 1. The van der Waals surface area contributed by atoms with E-state index in [1.165, 1.54) is 38.5 Å². The number of guanidine groups is 1. The number of likely N-dealkylation sites (tertiary alicyclic amines) is 1. The molecule has 6 heteroatoms. The number of nitrogens with zero attached hydrogens (tertiary/aromatic N) is 3. The molecule has 142 valence electrons. The van der Waals surface area contributed by atoms with E-state index in [-0.39, 0.29) is 12.5 Å². The number of nitrogens with one attached hydrogen (secondary N) is 1. The highest BCUT2D eigenvalue weighted by Crippen LogP contribution is 2.43. The molecule has 1 spiro atoms. The van der Waals surface area contributed by atoms with Crippen LogP contribution in [0, 0.1) is 11.3 Å². The van der Waals surface area contributed by atoms with Crippen molar-refractivity contribution in [2.75, 3.05) is 53.5 Å². The average Bonchev–Trinajstić information content (AvgIpc) is 3.26. The molecule has 3 rings (SSSR count). The van der Waals surface area contributed by atoms with Crippen LogP contribution in [0.4, 0.5) is 0 Å². The Bertz CT molecular complexity index is 480. The highest BCUT2D eigenvalue weighted by atomic mass is 16.5. The number of amides is 1. The minimum absolute atomic E-state index is 0.0510. The van der Waals surface area contributed by atoms with Gasteiger partial charge in [-0.1, -0.05) is 19.3 Å². The molecule has 0 bridgehead atoms. The molecular formula is C19H34N4O2. The Morgan fingerprint density at radius 3 is 2.76 bits per heavy atom. The second kappa shape index (κ2) is 8.39. The summed E-state index contributed by atoms with van der Waals surface area (Å²) in [6, 6.07) is 0. The monoisotopic (exact) mass is 350 g/mol. The van der Waals surface area contributed by atoms with Gasteiger partial charge in [0, 0.05) is 46.3 Å². The second-order valence-corrected chi connectivity index (χ2v) is 8.27. The molecule has 3 fully saturated rings. The van der Waals surface area contributed by atoms with Crippen LogP contribution in [-0.4, -0.2) is 75.2 Å². The third kappa shape index (κ3) is 4.87. The van der Waals surface area contributed by atoms with Gasteiger partial charge >= 0.3 is 0 Å². The number of hydrogen-bond acceptors (Lipinski definition) is 3. The summed E-state index contributed by atoms with van der Waals surface area (Å²) in [7, 11) is 3.57. The van der Waals surface area contributed by atoms with E-state index in [4.69, 9.17) is 4.74 Å². The van der Waals surface area contributed by atoms with Gasteiger partial charge in [-0.15, -0.1) is 0 Å². The first-order chi connectivity index (χ1) is 12.1. The van der Waals surface area contributed by atoms with Crippen LogP contribution in [0.5, 0.6) is 0 Å². The van der Waals surface area contributed by atoms with Crippen molar-refractivity contribution < 1.29 is 9.53 Å². The van der Waals surface area contributed by atoms with E-state index in [1.807, 2.05) is 0 Å². The van der Waals surface area contributed by atoms with E-state index >= 15 is 0 Å². The maximum absolute atomic E-state index is 12.0. The standard InChI is InChI=1S/C19H34N4O2/c1-22(2)17(24)13-21-18(20-12-16-6-11-25-14-16)23-10-9-19(15-23)7-4-3-5-8-19/h16H,3-15H2,1-2H3,(H,20,21). The van der Waals surface area contributed by atoms with Gasteiger partial charge in [0.05, 0.1) is 6.61 Å². The SMILES string of the molecule is CN(C)C(=O)CN=C(NCC1CCOC1)N1CCC2(CCCCC2)C1. The molecule has 1 saturated carbocycles. The Labute approximate surface area is 152 Å². The summed E-state index contributed by atoms with van der Waals surface area (Å²) in [4.78, 5) is 20.6. The molecule has 0 aromatic rings. The first kappa shape index (κ1) is 18.5. The number of aliphatic imine (C=N–C) groups is 1. The zero-order valence-corrected chi connectivity index (χ0v) is 15.9. The summed E-state index contributed by atoms with van der Waals surface area (Å²) in [6.07, 6.45) is 9.20. The summed E-state index contributed by atoms with van der Waals surface area (Å²) in [5.74, 6) is 1.53. The Morgan fingerprint density at radius 2 is 2.08 bits per heavy atom. The Balaban J connectivity index is 1.62. The fourth-order valence-electron chi connectivity index (χ4n) is 4.36. The van der Waals surface area contributed by atoms with E-state index in [1.54, 1.807) is 19.0 Å². The van der Waals surface area contributed by atoms with Crippen molar-refractivity contribution in [3.63, 3.8) is 0 Å². The molecule has 6 nitrogen and oxygen atoms in total. The number of carbonyl (C=O) groups excluding carboxylic acids is 1. The molecule has 25 heavy (non-hydrogen) atoms. The van der Waals surface area contributed by atoms with Crippen molar-refractivity contribution >= 4 is 11.9 Å². The lowest BCUT2D eigenvalue weighted by molar-refractivity contribution is -0.127. The van der Waals surface area contributed by atoms with Crippen molar-refractivity contribution in [2.24, 2.45) is 16.3 Å². The van der Waals surface area contributed by atoms with Gasteiger partial charge < -0.3 is 19.9 Å². The molecule has 2 aliphatic heterocycles. The summed E-state index contributed by atoms with van der Waals surface area (Å²) < 4.78 is 5.48. The highest BCUT2D eigenvalue weighted by Gasteiger charge is 2.40. The fraction of sp³-hybridized carbons (Fsp3) is 0.895. The molecule has 1 amide bonds. The van der Waals surface area contributed by atoms with E-state index < -0.39 is 0 Å². The molecule has 1 N–H and O–H groups in total. The largest absolute Gasteiger partial charge is 0.381 e. The smallest absolute Gasteiger partial charge is 0.243 e. The molecular weight excluding hydrogens is 316 g/mol. The molecule has 0 radical (unpaired) electrons. The van der Waals surface area contributed by atoms with Crippen molar-refractivity contribution in [3.05, 3.63) is 0 Å². The molecule has 1 aliphatic carbocycles. The van der Waals surface area contributed by atoms with Gasteiger partial charge in [0.15, 0.2) is 5.96 Å². The van der Waals surface area contributed by atoms with Crippen molar-refractivity contribution in [2.45, 2.75) is 44.9 Å². The van der Waals surface area contributed by atoms with Gasteiger partial charge in [-0.3, -0.25) is 4.79 Å². The van der Waals surface area contributed by atoms with Crippen molar-refractivity contribution in [1.82, 2.24) is 15.1 Å². The fourth-order valence-corrected chi connectivity index (χ4v) is 4.36. The van der Waals surface area contributed by atoms with Crippen LogP contribution in [0.15, 0.2) is 4.99 Å². The third-order valence-corrected chi connectivity index (χ3v) is 6.09. The lowest BCUT2D eigenvalue weighted by atomic mass is 9.73. The number of ether oxygens (including phenoxy) is 1. The van der Waals surface area contributed by atoms with Crippen LogP contribution in [0.3, 0.4) is 0 Å². The number of hydrogen-bond donors (Lipinski definition) is 1. The van der Waals surface area contributed by atoms with E-state index in [9.17, 15) is 4.79 Å². The highest BCUT2D eigenvalue weighted by molar-refractivity contribution is 5.85. The molecule has 3 aliphatic rings. The Morgan fingerprint density at radius 1 is 1.28 bits per heavy atom. The van der Waals surface area contributed by atoms with E-state index in [2.05, 4.69) is 15.2 Å². The first-order valence-corrected chi connectivity index (χ1v) is 9.89. The van der Waals surface area contributed by atoms with Crippen LogP contribution >= 0.6 is 0 Å². The van der Waals surface area contributed by atoms with Gasteiger partial charge in [0.25, 0.3) is 0 Å². The number of carbonyl (C=O) groups is 1. The zero-order valence-electron chi connectivity index (χ0n) is 15.9. The lowest BCUT2D eigenvalue weighted by Crippen LogP contribution is -2.44. The van der Waals surface area contributed by atoms with Gasteiger partial charge in [-0.25, -0.2) is 4.99 Å². The van der Waals surface area contributed by atoms with Gasteiger partial charge in [0.2, 0.25) is 5.91 Å². The van der Waals surface area contributed by atoms with Crippen LogP contribution in [0.1, 0.15) is 44.9 Å². The maximum atomic E-state index is 12.0. The lowest BCUT2D eigenvalue weighted by Gasteiger charge is -2.33. The predicted octanol–water partition coefficient (Wildman–Crippen LogP) is 1.71. The second-order valence-electron chi connectivity index (χ2n) is 8.27. The number of rotatable bonds is 4. The van der Waals surface area contributed by atoms with Gasteiger partial charge in [0.1, 0.15) is 6.54 Å². The zero-order chi connectivity index (χ0) is 17.7. The summed E-state index contributed by atoms with van der Waals surface area (Å²) in [5.41, 5.74) is 0.489. The molecule has 2 saturated heterocycles. The van der Waals surface area contributed by atoms with Gasteiger partial charge in [-0.2, -0.15) is 0 Å². The van der Waals surface area contributed by atoms with Crippen LogP contribution in [0.25, 0.3) is 0 Å². The summed E-state index contributed by atoms with van der Waals surface area (Å²) in [5, 5.41) is 3.55. The maximum Gasteiger partial charge on any atom is 0.243 e. The normalized spacial score (nSPS) is 26.2. The first-order valence-electron chi connectivity index (χ1n) is 9.89. The minimum Gasteiger partial charge on any atom is -0.381 e. The van der Waals surface area contributed by atoms with Crippen LogP contribution in [-0.2, 0) is 9.53 Å². The summed E-state index contributed by atoms with van der Waals surface area (Å²) >= 11 is 0. The van der Waals surface area contributed by atoms with Crippen LogP contribution in [0.2, 0.25) is 0 Å². The molecule has 1 atom stereocenters. The molecule has 1 unspecified atom stereocenters. The third-order valence-electron chi connectivity index (χ3n) is 6.09. The van der Waals surface area contributed by atoms with Crippen molar-refractivity contribution in [3.8, 4) is 0 Å². The molecule has 0 aromatic carbocycles. The molecule has 2 heterocycles. The average molecular weight is 351 g/mol.